The van der Waals surface area contributed by atoms with Crippen LogP contribution in [0, 0.1) is 0 Å². The number of nitrogens with zero attached hydrogens (tertiary/aromatic N) is 1. The lowest BCUT2D eigenvalue weighted by molar-refractivity contribution is -0.0705. The van der Waals surface area contributed by atoms with E-state index in [0.29, 0.717) is 17.7 Å². The van der Waals surface area contributed by atoms with Crippen molar-refractivity contribution in [3.8, 4) is 5.75 Å². The maximum atomic E-state index is 12.3. The average Bonchev–Trinajstić information content (AvgIpc) is 3.00. The van der Waals surface area contributed by atoms with Crippen molar-refractivity contribution in [1.82, 2.24) is 4.90 Å². The van der Waals surface area contributed by atoms with E-state index in [4.69, 9.17) is 9.15 Å². The first kappa shape index (κ1) is 15.7. The van der Waals surface area contributed by atoms with Gasteiger partial charge >= 0.3 is 5.63 Å². The molecule has 1 aliphatic heterocycles. The molecular formula is C19H23NO4. The van der Waals surface area contributed by atoms with Gasteiger partial charge in [0.2, 0.25) is 0 Å². The molecule has 128 valence electrons. The van der Waals surface area contributed by atoms with Crippen LogP contribution in [0.4, 0.5) is 0 Å². The zero-order chi connectivity index (χ0) is 16.8. The van der Waals surface area contributed by atoms with Gasteiger partial charge in [0.25, 0.3) is 0 Å². The highest BCUT2D eigenvalue weighted by molar-refractivity contribution is 5.86. The fraction of sp³-hybridized carbons (Fsp3) is 0.526. The number of aryl methyl sites for hydroxylation is 1. The van der Waals surface area contributed by atoms with Crippen LogP contribution in [0.3, 0.4) is 0 Å². The smallest absolute Gasteiger partial charge is 0.339 e. The first-order chi connectivity index (χ1) is 11.5. The second-order valence-corrected chi connectivity index (χ2v) is 7.09. The van der Waals surface area contributed by atoms with E-state index < -0.39 is 0 Å². The summed E-state index contributed by atoms with van der Waals surface area (Å²) in [5, 5.41) is 11.4. The number of benzene rings is 1. The largest absolute Gasteiger partial charge is 0.507 e. The third-order valence-corrected chi connectivity index (χ3v) is 5.10. The third kappa shape index (κ3) is 2.62. The number of fused-ring (bicyclic) bond motifs is 3. The van der Waals surface area contributed by atoms with E-state index in [1.165, 1.54) is 0 Å². The summed E-state index contributed by atoms with van der Waals surface area (Å²) >= 11 is 0. The van der Waals surface area contributed by atoms with Crippen molar-refractivity contribution in [1.29, 1.82) is 0 Å². The Balaban J connectivity index is 1.79. The van der Waals surface area contributed by atoms with Crippen molar-refractivity contribution in [2.75, 3.05) is 13.1 Å². The Morgan fingerprint density at radius 2 is 1.88 bits per heavy atom. The Labute approximate surface area is 140 Å². The van der Waals surface area contributed by atoms with Gasteiger partial charge in [0.15, 0.2) is 0 Å². The molecule has 0 radical (unpaired) electrons. The van der Waals surface area contributed by atoms with Crippen LogP contribution in [0.5, 0.6) is 5.75 Å². The molecule has 2 aromatic rings. The van der Waals surface area contributed by atoms with Crippen LogP contribution in [-0.4, -0.2) is 35.3 Å². The molecule has 1 aromatic heterocycles. The highest BCUT2D eigenvalue weighted by Gasteiger charge is 2.26. The number of aromatic hydroxyl groups is 1. The molecule has 1 aromatic carbocycles. The van der Waals surface area contributed by atoms with Crippen LogP contribution in [0.25, 0.3) is 11.0 Å². The molecule has 0 bridgehead atoms. The van der Waals surface area contributed by atoms with Gasteiger partial charge in [-0.3, -0.25) is 4.90 Å². The Morgan fingerprint density at radius 1 is 1.17 bits per heavy atom. The van der Waals surface area contributed by atoms with Gasteiger partial charge in [-0.25, -0.2) is 4.79 Å². The quantitative estimate of drug-likeness (QED) is 0.858. The number of hydrogen-bond donors (Lipinski definition) is 1. The lowest BCUT2D eigenvalue weighted by atomic mass is 10.0. The Morgan fingerprint density at radius 3 is 2.62 bits per heavy atom. The standard InChI is InChI=1S/C19H23NO4/c1-11-8-20(9-12(2)23-11)10-16-17(21)7-6-14-13-4-3-5-15(13)19(22)24-18(14)16/h6-7,11-12,21H,3-5,8-10H2,1-2H3/t11-,12-/m0/s1. The Kier molecular flexibility index (Phi) is 3.85. The minimum Gasteiger partial charge on any atom is -0.507 e. The van der Waals surface area contributed by atoms with E-state index in [0.717, 1.165) is 48.9 Å². The minimum absolute atomic E-state index is 0.155. The van der Waals surface area contributed by atoms with Gasteiger partial charge < -0.3 is 14.3 Å². The van der Waals surface area contributed by atoms with Crippen molar-refractivity contribution in [2.24, 2.45) is 0 Å². The Hall–Kier alpha value is -1.85. The lowest BCUT2D eigenvalue weighted by Gasteiger charge is -2.35. The van der Waals surface area contributed by atoms with Crippen molar-refractivity contribution >= 4 is 11.0 Å². The van der Waals surface area contributed by atoms with Crippen LogP contribution >= 0.6 is 0 Å². The van der Waals surface area contributed by atoms with Crippen molar-refractivity contribution in [3.63, 3.8) is 0 Å². The predicted molar refractivity (Wildman–Crippen MR) is 91.5 cm³/mol. The molecule has 2 atom stereocenters. The number of phenols is 1. The first-order valence-electron chi connectivity index (χ1n) is 8.70. The van der Waals surface area contributed by atoms with Gasteiger partial charge in [0, 0.05) is 30.6 Å². The fourth-order valence-corrected chi connectivity index (χ4v) is 4.18. The third-order valence-electron chi connectivity index (χ3n) is 5.10. The van der Waals surface area contributed by atoms with E-state index in [-0.39, 0.29) is 23.6 Å². The highest BCUT2D eigenvalue weighted by Crippen LogP contribution is 2.34. The molecule has 0 amide bonds. The number of phenolic OH excluding ortho intramolecular Hbond substituents is 1. The highest BCUT2D eigenvalue weighted by atomic mass is 16.5. The maximum Gasteiger partial charge on any atom is 0.339 e. The van der Waals surface area contributed by atoms with E-state index >= 15 is 0 Å². The summed E-state index contributed by atoms with van der Waals surface area (Å²) in [6.45, 7) is 6.27. The number of ether oxygens (including phenoxy) is 1. The van der Waals surface area contributed by atoms with Crippen LogP contribution in [0.2, 0.25) is 0 Å². The molecule has 1 fully saturated rings. The Bertz CT molecular complexity index is 831. The predicted octanol–water partition coefficient (Wildman–Crippen LogP) is 2.60. The van der Waals surface area contributed by atoms with Crippen LogP contribution in [-0.2, 0) is 24.1 Å². The molecule has 5 heteroatoms. The van der Waals surface area contributed by atoms with Gasteiger partial charge in [-0.2, -0.15) is 0 Å². The maximum absolute atomic E-state index is 12.3. The minimum atomic E-state index is -0.245. The fourth-order valence-electron chi connectivity index (χ4n) is 4.18. The van der Waals surface area contributed by atoms with Gasteiger partial charge in [-0.15, -0.1) is 0 Å². The van der Waals surface area contributed by atoms with Gasteiger partial charge in [0.1, 0.15) is 11.3 Å². The number of hydrogen-bond acceptors (Lipinski definition) is 5. The van der Waals surface area contributed by atoms with E-state index in [2.05, 4.69) is 18.7 Å². The van der Waals surface area contributed by atoms with Crippen LogP contribution in [0.1, 0.15) is 37.0 Å². The molecule has 5 nitrogen and oxygen atoms in total. The van der Waals surface area contributed by atoms with E-state index in [9.17, 15) is 9.90 Å². The second kappa shape index (κ2) is 5.90. The zero-order valence-corrected chi connectivity index (χ0v) is 14.2. The normalized spacial score (nSPS) is 24.4. The summed E-state index contributed by atoms with van der Waals surface area (Å²) in [5.41, 5.74) is 2.93. The van der Waals surface area contributed by atoms with Crippen molar-refractivity contribution in [3.05, 3.63) is 39.2 Å². The molecule has 0 spiro atoms. The lowest BCUT2D eigenvalue weighted by Crippen LogP contribution is -2.44. The van der Waals surface area contributed by atoms with Gasteiger partial charge in [-0.1, -0.05) is 0 Å². The topological polar surface area (TPSA) is 62.9 Å². The number of morpholine rings is 1. The first-order valence-corrected chi connectivity index (χ1v) is 8.70. The molecule has 0 unspecified atom stereocenters. The van der Waals surface area contributed by atoms with Crippen molar-refractivity contribution in [2.45, 2.75) is 51.9 Å². The van der Waals surface area contributed by atoms with E-state index in [1.54, 1.807) is 6.07 Å². The molecule has 2 aliphatic rings. The summed E-state index contributed by atoms with van der Waals surface area (Å²) in [4.78, 5) is 14.6. The molecule has 0 saturated carbocycles. The number of rotatable bonds is 2. The summed E-state index contributed by atoms with van der Waals surface area (Å²) in [6, 6.07) is 3.61. The SMILES string of the molecule is C[C@H]1CN(Cc2c(O)ccc3c4c(c(=O)oc23)CCC4)C[C@H](C)O1. The summed E-state index contributed by atoms with van der Waals surface area (Å²) in [5.74, 6) is 0.190. The monoisotopic (exact) mass is 329 g/mol. The molecule has 4 rings (SSSR count). The van der Waals surface area contributed by atoms with Crippen LogP contribution < -0.4 is 5.63 Å². The molecule has 24 heavy (non-hydrogen) atoms. The van der Waals surface area contributed by atoms with E-state index in [1.807, 2.05) is 6.07 Å². The summed E-state index contributed by atoms with van der Waals surface area (Å²) < 4.78 is 11.4. The summed E-state index contributed by atoms with van der Waals surface area (Å²) in [7, 11) is 0. The molecule has 1 N–H and O–H groups in total. The molecule has 2 heterocycles. The van der Waals surface area contributed by atoms with Gasteiger partial charge in [0.05, 0.1) is 17.8 Å². The summed E-state index contributed by atoms with van der Waals surface area (Å²) in [6.07, 6.45) is 3.01. The van der Waals surface area contributed by atoms with Gasteiger partial charge in [-0.05, 0) is 50.8 Å². The molecule has 1 aliphatic carbocycles. The average molecular weight is 329 g/mol. The zero-order valence-electron chi connectivity index (χ0n) is 14.2. The molecule has 1 saturated heterocycles. The molecular weight excluding hydrogens is 306 g/mol. The van der Waals surface area contributed by atoms with Crippen LogP contribution in [0.15, 0.2) is 21.3 Å². The van der Waals surface area contributed by atoms with Crippen molar-refractivity contribution < 1.29 is 14.3 Å². The second-order valence-electron chi connectivity index (χ2n) is 7.09.